The van der Waals surface area contributed by atoms with E-state index in [1.165, 1.54) is 12.8 Å². The lowest BCUT2D eigenvalue weighted by molar-refractivity contribution is -0.138. The Bertz CT molecular complexity index is 489. The van der Waals surface area contributed by atoms with Crippen LogP contribution in [0, 0.1) is 34.5 Å². The SMILES string of the molecule is C[C@]12CCC(O)CC1CC[C@@H]1[C@H]2CC[C@]2(C)C(O)C(=O)C[C@@H]12. The molecule has 4 fully saturated rings. The van der Waals surface area contributed by atoms with Crippen molar-refractivity contribution in [1.29, 1.82) is 0 Å². The number of hydrogen-bond acceptors (Lipinski definition) is 3. The second kappa shape index (κ2) is 4.80. The zero-order valence-electron chi connectivity index (χ0n) is 13.9. The largest absolute Gasteiger partial charge is 0.393 e. The Balaban J connectivity index is 1.64. The van der Waals surface area contributed by atoms with Gasteiger partial charge in [0.15, 0.2) is 5.78 Å². The van der Waals surface area contributed by atoms with Gasteiger partial charge in [-0.2, -0.15) is 0 Å². The van der Waals surface area contributed by atoms with Gasteiger partial charge in [-0.05, 0) is 74.0 Å². The van der Waals surface area contributed by atoms with E-state index in [2.05, 4.69) is 13.8 Å². The lowest BCUT2D eigenvalue weighted by Crippen LogP contribution is -2.54. The molecule has 8 atom stereocenters. The first kappa shape index (κ1) is 15.1. The molecule has 124 valence electrons. The lowest BCUT2D eigenvalue weighted by atomic mass is 9.45. The van der Waals surface area contributed by atoms with Crippen molar-refractivity contribution in [2.45, 2.75) is 77.4 Å². The van der Waals surface area contributed by atoms with Gasteiger partial charge in [-0.15, -0.1) is 0 Å². The molecule has 0 heterocycles. The fraction of sp³-hybridized carbons (Fsp3) is 0.947. The Labute approximate surface area is 133 Å². The summed E-state index contributed by atoms with van der Waals surface area (Å²) in [5.41, 5.74) is 0.176. The average molecular weight is 306 g/mol. The molecule has 0 spiro atoms. The van der Waals surface area contributed by atoms with E-state index >= 15 is 0 Å². The van der Waals surface area contributed by atoms with Gasteiger partial charge < -0.3 is 10.2 Å². The Morgan fingerprint density at radius 1 is 0.955 bits per heavy atom. The van der Waals surface area contributed by atoms with Crippen molar-refractivity contribution in [1.82, 2.24) is 0 Å². The number of rotatable bonds is 0. The van der Waals surface area contributed by atoms with Crippen LogP contribution in [0.4, 0.5) is 0 Å². The summed E-state index contributed by atoms with van der Waals surface area (Å²) in [5, 5.41) is 20.4. The second-order valence-electron chi connectivity index (χ2n) is 9.20. The minimum absolute atomic E-state index is 0.0829. The number of carbonyl (C=O) groups excluding carboxylic acids is 1. The summed E-state index contributed by atoms with van der Waals surface area (Å²) < 4.78 is 0. The van der Waals surface area contributed by atoms with Crippen molar-refractivity contribution in [3.63, 3.8) is 0 Å². The summed E-state index contributed by atoms with van der Waals surface area (Å²) >= 11 is 0. The molecule has 0 radical (unpaired) electrons. The molecule has 3 nitrogen and oxygen atoms in total. The van der Waals surface area contributed by atoms with Crippen LogP contribution in [0.5, 0.6) is 0 Å². The summed E-state index contributed by atoms with van der Waals surface area (Å²) in [7, 11) is 0. The smallest absolute Gasteiger partial charge is 0.162 e. The highest BCUT2D eigenvalue weighted by Gasteiger charge is 2.62. The first-order valence-corrected chi connectivity index (χ1v) is 9.25. The van der Waals surface area contributed by atoms with Crippen LogP contribution in [0.3, 0.4) is 0 Å². The summed E-state index contributed by atoms with van der Waals surface area (Å²) in [5.74, 6) is 2.42. The molecule has 0 amide bonds. The van der Waals surface area contributed by atoms with E-state index in [9.17, 15) is 15.0 Å². The molecular formula is C19H30O3. The molecule has 3 unspecified atom stereocenters. The monoisotopic (exact) mass is 306 g/mol. The number of hydrogen-bond donors (Lipinski definition) is 2. The quantitative estimate of drug-likeness (QED) is 0.723. The fourth-order valence-corrected chi connectivity index (χ4v) is 7.00. The van der Waals surface area contributed by atoms with Crippen LogP contribution in [-0.2, 0) is 4.79 Å². The molecule has 4 aliphatic carbocycles. The molecule has 0 saturated heterocycles. The molecular weight excluding hydrogens is 276 g/mol. The van der Waals surface area contributed by atoms with Gasteiger partial charge >= 0.3 is 0 Å². The van der Waals surface area contributed by atoms with Crippen LogP contribution in [-0.4, -0.2) is 28.2 Å². The predicted octanol–water partition coefficient (Wildman–Crippen LogP) is 2.93. The number of aliphatic hydroxyl groups is 2. The van der Waals surface area contributed by atoms with E-state index in [0.717, 1.165) is 32.1 Å². The predicted molar refractivity (Wildman–Crippen MR) is 84.1 cm³/mol. The average Bonchev–Trinajstić information content (AvgIpc) is 2.72. The summed E-state index contributed by atoms with van der Waals surface area (Å²) in [6, 6.07) is 0. The van der Waals surface area contributed by atoms with E-state index in [1.807, 2.05) is 0 Å². The van der Waals surface area contributed by atoms with Crippen molar-refractivity contribution in [3.05, 3.63) is 0 Å². The third-order valence-corrected chi connectivity index (χ3v) is 8.43. The Hall–Kier alpha value is -0.410. The van der Waals surface area contributed by atoms with Gasteiger partial charge in [0.1, 0.15) is 6.10 Å². The highest BCUT2D eigenvalue weighted by molar-refractivity contribution is 5.86. The highest BCUT2D eigenvalue weighted by atomic mass is 16.3. The maximum Gasteiger partial charge on any atom is 0.162 e. The maximum absolute atomic E-state index is 12.1. The molecule has 0 aromatic rings. The first-order chi connectivity index (χ1) is 10.4. The second-order valence-corrected chi connectivity index (χ2v) is 9.20. The van der Waals surface area contributed by atoms with E-state index in [-0.39, 0.29) is 17.3 Å². The van der Waals surface area contributed by atoms with Gasteiger partial charge in [-0.1, -0.05) is 13.8 Å². The number of carbonyl (C=O) groups is 1. The van der Waals surface area contributed by atoms with Crippen molar-refractivity contribution in [3.8, 4) is 0 Å². The molecule has 4 saturated carbocycles. The minimum atomic E-state index is -0.725. The Kier molecular flexibility index (Phi) is 3.30. The molecule has 2 N–H and O–H groups in total. The molecule has 4 rings (SSSR count). The van der Waals surface area contributed by atoms with Gasteiger partial charge in [0.25, 0.3) is 0 Å². The molecule has 3 heteroatoms. The van der Waals surface area contributed by atoms with Gasteiger partial charge in [-0.3, -0.25) is 4.79 Å². The minimum Gasteiger partial charge on any atom is -0.393 e. The van der Waals surface area contributed by atoms with Crippen molar-refractivity contribution in [2.75, 3.05) is 0 Å². The van der Waals surface area contributed by atoms with Crippen LogP contribution >= 0.6 is 0 Å². The number of aliphatic hydroxyl groups excluding tert-OH is 2. The zero-order valence-corrected chi connectivity index (χ0v) is 13.9. The highest BCUT2D eigenvalue weighted by Crippen LogP contribution is 2.65. The van der Waals surface area contributed by atoms with Crippen LogP contribution in [0.25, 0.3) is 0 Å². The van der Waals surface area contributed by atoms with E-state index < -0.39 is 6.10 Å². The van der Waals surface area contributed by atoms with E-state index in [1.54, 1.807) is 0 Å². The number of ketones is 1. The molecule has 0 bridgehead atoms. The molecule has 0 aromatic carbocycles. The van der Waals surface area contributed by atoms with Gasteiger partial charge in [0.2, 0.25) is 0 Å². The van der Waals surface area contributed by atoms with Gasteiger partial charge in [0, 0.05) is 11.8 Å². The standard InChI is InChI=1S/C19H30O3/c1-18-7-5-12(20)9-11(18)3-4-13-14(18)6-8-19(2)15(13)10-16(21)17(19)22/h11-15,17,20,22H,3-10H2,1-2H3/t11?,12?,13-,14-,15+,17?,18+,19+/m1/s1. The van der Waals surface area contributed by atoms with Crippen molar-refractivity contribution < 1.29 is 15.0 Å². The van der Waals surface area contributed by atoms with Crippen LogP contribution < -0.4 is 0 Å². The van der Waals surface area contributed by atoms with E-state index in [4.69, 9.17) is 0 Å². The number of fused-ring (bicyclic) bond motifs is 5. The topological polar surface area (TPSA) is 57.5 Å². The third-order valence-electron chi connectivity index (χ3n) is 8.43. The van der Waals surface area contributed by atoms with Gasteiger partial charge in [-0.25, -0.2) is 0 Å². The summed E-state index contributed by atoms with van der Waals surface area (Å²) in [6.45, 7) is 4.61. The lowest BCUT2D eigenvalue weighted by Gasteiger charge is -2.60. The normalized spacial score (nSPS) is 57.9. The maximum atomic E-state index is 12.1. The Morgan fingerprint density at radius 3 is 2.45 bits per heavy atom. The fourth-order valence-electron chi connectivity index (χ4n) is 7.00. The van der Waals surface area contributed by atoms with Crippen LogP contribution in [0.2, 0.25) is 0 Å². The third kappa shape index (κ3) is 1.84. The van der Waals surface area contributed by atoms with Crippen LogP contribution in [0.15, 0.2) is 0 Å². The number of Topliss-reactive ketones (excluding diaryl/α,β-unsaturated/α-hetero) is 1. The molecule has 0 aromatic heterocycles. The Morgan fingerprint density at radius 2 is 1.68 bits per heavy atom. The summed E-state index contributed by atoms with van der Waals surface area (Å²) in [6.07, 6.45) is 7.38. The summed E-state index contributed by atoms with van der Waals surface area (Å²) in [4.78, 5) is 12.1. The molecule has 4 aliphatic rings. The van der Waals surface area contributed by atoms with Gasteiger partial charge in [0.05, 0.1) is 6.10 Å². The van der Waals surface area contributed by atoms with Crippen molar-refractivity contribution >= 4 is 5.78 Å². The van der Waals surface area contributed by atoms with Crippen molar-refractivity contribution in [2.24, 2.45) is 34.5 Å². The van der Waals surface area contributed by atoms with E-state index in [0.29, 0.717) is 35.5 Å². The molecule has 22 heavy (non-hydrogen) atoms. The zero-order chi connectivity index (χ0) is 15.7. The first-order valence-electron chi connectivity index (χ1n) is 9.25. The van der Waals surface area contributed by atoms with Crippen LogP contribution in [0.1, 0.15) is 65.2 Å². The molecule has 0 aliphatic heterocycles.